The van der Waals surface area contributed by atoms with E-state index in [0.29, 0.717) is 22.9 Å². The summed E-state index contributed by atoms with van der Waals surface area (Å²) in [6.07, 6.45) is 3.32. The molecule has 2 aromatic heterocycles. The minimum atomic E-state index is -0.776. The summed E-state index contributed by atoms with van der Waals surface area (Å²) in [7, 11) is 0. The number of aromatic amines is 1. The Morgan fingerprint density at radius 3 is 2.60 bits per heavy atom. The summed E-state index contributed by atoms with van der Waals surface area (Å²) >= 11 is 0. The van der Waals surface area contributed by atoms with Crippen molar-refractivity contribution >= 4 is 28.7 Å². The number of fused-ring (bicyclic) bond motifs is 1. The van der Waals surface area contributed by atoms with Crippen LogP contribution in [0.25, 0.3) is 33.8 Å². The van der Waals surface area contributed by atoms with Crippen molar-refractivity contribution in [2.45, 2.75) is 19.8 Å². The minimum absolute atomic E-state index is 0.113. The Morgan fingerprint density at radius 1 is 1.17 bits per heavy atom. The second kappa shape index (κ2) is 6.84. The van der Waals surface area contributed by atoms with Crippen LogP contribution in [-0.4, -0.2) is 27.1 Å². The maximum absolute atomic E-state index is 12.4. The lowest BCUT2D eigenvalue weighted by molar-refractivity contribution is -0.119. The molecule has 2 aromatic carbocycles. The first-order chi connectivity index (χ1) is 14.5. The van der Waals surface area contributed by atoms with Gasteiger partial charge < -0.3 is 10.2 Å². The number of aromatic nitrogens is 3. The van der Waals surface area contributed by atoms with E-state index < -0.39 is 6.03 Å². The second-order valence-electron chi connectivity index (χ2n) is 7.42. The van der Waals surface area contributed by atoms with Crippen molar-refractivity contribution in [2.75, 3.05) is 4.90 Å². The molecule has 2 heterocycles. The van der Waals surface area contributed by atoms with Gasteiger partial charge in [-0.1, -0.05) is 24.3 Å². The van der Waals surface area contributed by atoms with Crippen molar-refractivity contribution in [3.63, 3.8) is 0 Å². The highest BCUT2D eigenvalue weighted by molar-refractivity contribution is 6.15. The smallest absolute Gasteiger partial charge is 0.326 e. The van der Waals surface area contributed by atoms with Gasteiger partial charge in [-0.15, -0.1) is 0 Å². The number of para-hydroxylation sites is 1. The van der Waals surface area contributed by atoms with Crippen LogP contribution in [-0.2, 0) is 4.79 Å². The number of amides is 3. The molecule has 8 heteroatoms. The van der Waals surface area contributed by atoms with Gasteiger partial charge in [0.05, 0.1) is 11.3 Å². The van der Waals surface area contributed by atoms with E-state index in [1.165, 1.54) is 0 Å². The highest BCUT2D eigenvalue weighted by Gasteiger charge is 2.36. The summed E-state index contributed by atoms with van der Waals surface area (Å²) in [4.78, 5) is 29.9. The molecule has 1 saturated carbocycles. The molecule has 3 amide bonds. The first-order valence-electron chi connectivity index (χ1n) is 9.67. The number of nitrogens with one attached hydrogen (secondary N) is 1. The molecule has 5 rings (SSSR count). The summed E-state index contributed by atoms with van der Waals surface area (Å²) in [5, 5.41) is 7.20. The Hall–Kier alpha value is -3.94. The summed E-state index contributed by atoms with van der Waals surface area (Å²) in [6.45, 7) is 1.98. The van der Waals surface area contributed by atoms with Crippen LogP contribution in [0, 0.1) is 12.8 Å². The van der Waals surface area contributed by atoms with Gasteiger partial charge in [-0.25, -0.2) is 14.7 Å². The fourth-order valence-corrected chi connectivity index (χ4v) is 3.52. The number of anilines is 1. The molecule has 8 nitrogen and oxygen atoms in total. The third kappa shape index (κ3) is 3.02. The first kappa shape index (κ1) is 18.1. The monoisotopic (exact) mass is 401 g/mol. The van der Waals surface area contributed by atoms with E-state index in [0.717, 1.165) is 39.9 Å². The van der Waals surface area contributed by atoms with Gasteiger partial charge in [0.1, 0.15) is 11.2 Å². The van der Waals surface area contributed by atoms with Gasteiger partial charge in [-0.05, 0) is 43.5 Å². The molecule has 1 aliphatic carbocycles. The highest BCUT2D eigenvalue weighted by Crippen LogP contribution is 2.35. The third-order valence-corrected chi connectivity index (χ3v) is 5.26. The largest absolute Gasteiger partial charge is 0.436 e. The predicted molar refractivity (Wildman–Crippen MR) is 112 cm³/mol. The number of nitrogens with zero attached hydrogens (tertiary/aromatic N) is 3. The Morgan fingerprint density at radius 2 is 1.93 bits per heavy atom. The quantitative estimate of drug-likeness (QED) is 0.535. The van der Waals surface area contributed by atoms with Gasteiger partial charge in [0.25, 0.3) is 0 Å². The number of primary amides is 1. The number of rotatable bonds is 4. The lowest BCUT2D eigenvalue weighted by Crippen LogP contribution is -2.41. The number of aryl methyl sites for hydroxylation is 1. The minimum Gasteiger partial charge on any atom is -0.436 e. The van der Waals surface area contributed by atoms with Crippen molar-refractivity contribution in [2.24, 2.45) is 11.7 Å². The van der Waals surface area contributed by atoms with Crippen LogP contribution in [0.3, 0.4) is 0 Å². The van der Waals surface area contributed by atoms with Gasteiger partial charge in [-0.2, -0.15) is 5.10 Å². The highest BCUT2D eigenvalue weighted by atomic mass is 16.3. The lowest BCUT2D eigenvalue weighted by atomic mass is 10.1. The van der Waals surface area contributed by atoms with E-state index in [4.69, 9.17) is 10.2 Å². The van der Waals surface area contributed by atoms with E-state index in [1.807, 2.05) is 25.1 Å². The van der Waals surface area contributed by atoms with E-state index in [2.05, 4.69) is 15.2 Å². The molecule has 4 aromatic rings. The summed E-state index contributed by atoms with van der Waals surface area (Å²) in [6, 6.07) is 12.0. The number of carbonyl (C=O) groups is 2. The molecule has 30 heavy (non-hydrogen) atoms. The maximum Gasteiger partial charge on any atom is 0.326 e. The second-order valence-corrected chi connectivity index (χ2v) is 7.42. The van der Waals surface area contributed by atoms with E-state index in [9.17, 15) is 9.59 Å². The molecule has 0 aliphatic heterocycles. The molecule has 3 N–H and O–H groups in total. The number of H-pyrrole nitrogens is 1. The molecule has 150 valence electrons. The topological polar surface area (TPSA) is 118 Å². The zero-order valence-electron chi connectivity index (χ0n) is 16.3. The number of hydrogen-bond donors (Lipinski definition) is 2. The summed E-state index contributed by atoms with van der Waals surface area (Å²) < 4.78 is 5.93. The van der Waals surface area contributed by atoms with Crippen LogP contribution in [0.1, 0.15) is 18.4 Å². The average Bonchev–Trinajstić information content (AvgIpc) is 3.30. The van der Waals surface area contributed by atoms with E-state index in [1.54, 1.807) is 30.5 Å². The van der Waals surface area contributed by atoms with Gasteiger partial charge in [0.2, 0.25) is 11.8 Å². The molecular formula is C22H19N5O3. The standard InChI is InChI=1S/C22H19N5O3/c1-12-3-2-4-17-18(12)25-20(30-17)16-11-24-26-19(16)13-7-9-15(10-8-13)27(22(23)29)21(28)14-5-6-14/h2-4,7-11,14H,5-6H2,1H3,(H2,23,29)(H,24,26). The molecule has 0 spiro atoms. The number of hydrogen-bond acceptors (Lipinski definition) is 5. The average molecular weight is 401 g/mol. The van der Waals surface area contributed by atoms with Crippen molar-refractivity contribution in [3.8, 4) is 22.7 Å². The Labute approximate surface area is 171 Å². The SMILES string of the molecule is Cc1cccc2oc(-c3c[nH]nc3-c3ccc(N(C(N)=O)C(=O)C4CC4)cc3)nc12. The van der Waals surface area contributed by atoms with Crippen LogP contribution in [0.4, 0.5) is 10.5 Å². The van der Waals surface area contributed by atoms with Crippen LogP contribution in [0.5, 0.6) is 0 Å². The Kier molecular flexibility index (Phi) is 4.13. The Bertz CT molecular complexity index is 1270. The number of urea groups is 1. The van der Waals surface area contributed by atoms with E-state index in [-0.39, 0.29) is 11.8 Å². The van der Waals surface area contributed by atoms with Gasteiger partial charge in [-0.3, -0.25) is 9.89 Å². The summed E-state index contributed by atoms with van der Waals surface area (Å²) in [5.41, 5.74) is 10.6. The number of oxazole rings is 1. The van der Waals surface area contributed by atoms with Crippen LogP contribution >= 0.6 is 0 Å². The van der Waals surface area contributed by atoms with E-state index >= 15 is 0 Å². The molecule has 0 unspecified atom stereocenters. The lowest BCUT2D eigenvalue weighted by Gasteiger charge is -2.18. The van der Waals surface area contributed by atoms with Crippen LogP contribution in [0.2, 0.25) is 0 Å². The number of carbonyl (C=O) groups excluding carboxylic acids is 2. The number of nitrogens with two attached hydrogens (primary N) is 1. The predicted octanol–water partition coefficient (Wildman–Crippen LogP) is 4.02. The molecule has 0 bridgehead atoms. The van der Waals surface area contributed by atoms with Gasteiger partial charge >= 0.3 is 6.03 Å². The van der Waals surface area contributed by atoms with Crippen LogP contribution < -0.4 is 10.6 Å². The Balaban J connectivity index is 1.50. The first-order valence-corrected chi connectivity index (χ1v) is 9.67. The number of benzene rings is 2. The van der Waals surface area contributed by atoms with Crippen molar-refractivity contribution in [3.05, 3.63) is 54.2 Å². The zero-order valence-corrected chi connectivity index (χ0v) is 16.3. The fourth-order valence-electron chi connectivity index (χ4n) is 3.52. The molecule has 1 aliphatic rings. The molecule has 1 fully saturated rings. The van der Waals surface area contributed by atoms with Crippen LogP contribution in [0.15, 0.2) is 53.1 Å². The van der Waals surface area contributed by atoms with Crippen molar-refractivity contribution in [1.29, 1.82) is 0 Å². The molecular weight excluding hydrogens is 382 g/mol. The summed E-state index contributed by atoms with van der Waals surface area (Å²) in [5.74, 6) is 0.102. The normalized spacial score (nSPS) is 13.5. The molecule has 0 saturated heterocycles. The van der Waals surface area contributed by atoms with Gasteiger partial charge in [0, 0.05) is 17.7 Å². The van der Waals surface area contributed by atoms with Crippen molar-refractivity contribution < 1.29 is 14.0 Å². The van der Waals surface area contributed by atoms with Gasteiger partial charge in [0.15, 0.2) is 5.58 Å². The zero-order chi connectivity index (χ0) is 20.8. The number of imide groups is 1. The molecule has 0 atom stereocenters. The third-order valence-electron chi connectivity index (χ3n) is 5.26. The molecule has 0 radical (unpaired) electrons. The van der Waals surface area contributed by atoms with Crippen molar-refractivity contribution in [1.82, 2.24) is 15.2 Å². The maximum atomic E-state index is 12.4. The fraction of sp³-hybridized carbons (Fsp3) is 0.182.